The molecule has 0 radical (unpaired) electrons. The molecule has 2 nitrogen and oxygen atoms in total. The maximum absolute atomic E-state index is 13.4. The molecule has 4 aliphatic carbocycles. The second-order valence-electron chi connectivity index (χ2n) is 12.2. The Bertz CT molecular complexity index is 663. The van der Waals surface area contributed by atoms with Gasteiger partial charge in [0, 0.05) is 5.92 Å². The van der Waals surface area contributed by atoms with Crippen molar-refractivity contribution in [2.75, 3.05) is 0 Å². The Morgan fingerprint density at radius 1 is 1.03 bits per heavy atom. The molecule has 2 heteroatoms. The van der Waals surface area contributed by atoms with E-state index in [-0.39, 0.29) is 17.4 Å². The lowest BCUT2D eigenvalue weighted by Crippen LogP contribution is -2.53. The van der Waals surface area contributed by atoms with Crippen LogP contribution in [0.2, 0.25) is 0 Å². The van der Waals surface area contributed by atoms with Crippen LogP contribution in [0.5, 0.6) is 0 Å². The molecule has 8 atom stereocenters. The van der Waals surface area contributed by atoms with Crippen molar-refractivity contribution in [2.24, 2.45) is 46.3 Å². The minimum atomic E-state index is -0.241. The van der Waals surface area contributed by atoms with Crippen molar-refractivity contribution in [3.8, 4) is 0 Å². The highest BCUT2D eigenvalue weighted by molar-refractivity contribution is 5.94. The fourth-order valence-electron chi connectivity index (χ4n) is 8.41. The molecule has 3 saturated carbocycles. The Hall–Kier alpha value is -0.630. The van der Waals surface area contributed by atoms with Gasteiger partial charge in [0.05, 0.1) is 6.10 Å². The summed E-state index contributed by atoms with van der Waals surface area (Å²) in [6.07, 6.45) is 13.6. The van der Waals surface area contributed by atoms with Gasteiger partial charge < -0.3 is 5.11 Å². The molecule has 0 amide bonds. The number of allylic oxidation sites excluding steroid dienone is 1. The first-order chi connectivity index (χ1) is 13.7. The Balaban J connectivity index is 1.54. The van der Waals surface area contributed by atoms with Crippen molar-refractivity contribution in [3.63, 3.8) is 0 Å². The van der Waals surface area contributed by atoms with Crippen LogP contribution in [0.1, 0.15) is 98.8 Å². The number of carbonyl (C=O) groups is 1. The molecule has 0 spiro atoms. The summed E-state index contributed by atoms with van der Waals surface area (Å²) in [6, 6.07) is 0. The minimum Gasteiger partial charge on any atom is -0.393 e. The second-order valence-corrected chi connectivity index (χ2v) is 12.2. The highest BCUT2D eigenvalue weighted by Gasteiger charge is 2.61. The normalized spacial score (nSPS) is 45.4. The summed E-state index contributed by atoms with van der Waals surface area (Å²) in [5.41, 5.74) is 1.77. The van der Waals surface area contributed by atoms with E-state index >= 15 is 0 Å². The molecule has 0 aromatic rings. The first-order valence-corrected chi connectivity index (χ1v) is 12.6. The molecule has 0 saturated heterocycles. The molecule has 3 fully saturated rings. The second kappa shape index (κ2) is 7.81. The van der Waals surface area contributed by atoms with E-state index < -0.39 is 0 Å². The van der Waals surface area contributed by atoms with E-state index in [1.54, 1.807) is 0 Å². The average Bonchev–Trinajstić information content (AvgIpc) is 3.00. The third kappa shape index (κ3) is 3.56. The van der Waals surface area contributed by atoms with Crippen molar-refractivity contribution in [1.29, 1.82) is 0 Å². The number of carbonyl (C=O) groups excluding carboxylic acids is 1. The van der Waals surface area contributed by atoms with Crippen LogP contribution >= 0.6 is 0 Å². The topological polar surface area (TPSA) is 37.3 Å². The quantitative estimate of drug-likeness (QED) is 0.567. The van der Waals surface area contributed by atoms with E-state index in [0.717, 1.165) is 37.0 Å². The summed E-state index contributed by atoms with van der Waals surface area (Å²) in [6.45, 7) is 12.1. The third-order valence-electron chi connectivity index (χ3n) is 10.1. The van der Waals surface area contributed by atoms with Gasteiger partial charge in [0.15, 0.2) is 5.78 Å². The molecule has 164 valence electrons. The maximum Gasteiger partial charge on any atom is 0.159 e. The van der Waals surface area contributed by atoms with Crippen molar-refractivity contribution < 1.29 is 9.90 Å². The molecule has 0 aromatic heterocycles. The molecule has 4 unspecified atom stereocenters. The smallest absolute Gasteiger partial charge is 0.159 e. The predicted octanol–water partition coefficient (Wildman–Crippen LogP) is 6.57. The van der Waals surface area contributed by atoms with E-state index in [9.17, 15) is 9.90 Å². The van der Waals surface area contributed by atoms with Crippen LogP contribution in [0.4, 0.5) is 0 Å². The van der Waals surface area contributed by atoms with Crippen molar-refractivity contribution >= 4 is 5.78 Å². The van der Waals surface area contributed by atoms with Gasteiger partial charge in [-0.25, -0.2) is 0 Å². The summed E-state index contributed by atoms with van der Waals surface area (Å²) >= 11 is 0. The molecule has 4 rings (SSSR count). The van der Waals surface area contributed by atoms with Gasteiger partial charge in [0.1, 0.15) is 0 Å². The molecular weight excluding hydrogens is 356 g/mol. The van der Waals surface area contributed by atoms with E-state index in [1.165, 1.54) is 50.5 Å². The van der Waals surface area contributed by atoms with Crippen LogP contribution in [-0.4, -0.2) is 17.0 Å². The van der Waals surface area contributed by atoms with Gasteiger partial charge in [-0.2, -0.15) is 0 Å². The van der Waals surface area contributed by atoms with Gasteiger partial charge in [-0.3, -0.25) is 4.79 Å². The van der Waals surface area contributed by atoms with E-state index in [2.05, 4.69) is 34.6 Å². The molecule has 0 heterocycles. The van der Waals surface area contributed by atoms with Crippen molar-refractivity contribution in [3.05, 3.63) is 11.6 Å². The lowest BCUT2D eigenvalue weighted by molar-refractivity contribution is -0.135. The van der Waals surface area contributed by atoms with Crippen LogP contribution in [0.3, 0.4) is 0 Å². The summed E-state index contributed by atoms with van der Waals surface area (Å²) < 4.78 is 0. The number of aliphatic hydroxyl groups excluding tert-OH is 1. The van der Waals surface area contributed by atoms with E-state index in [0.29, 0.717) is 23.0 Å². The third-order valence-corrected chi connectivity index (χ3v) is 10.1. The predicted molar refractivity (Wildman–Crippen MR) is 119 cm³/mol. The molecule has 4 aliphatic rings. The lowest BCUT2D eigenvalue weighted by atomic mass is 9.46. The average molecular weight is 401 g/mol. The van der Waals surface area contributed by atoms with Gasteiger partial charge in [0.2, 0.25) is 0 Å². The highest BCUT2D eigenvalue weighted by Crippen LogP contribution is 2.66. The van der Waals surface area contributed by atoms with Crippen LogP contribution in [0.15, 0.2) is 11.6 Å². The Morgan fingerprint density at radius 3 is 2.52 bits per heavy atom. The van der Waals surface area contributed by atoms with Gasteiger partial charge in [0.25, 0.3) is 0 Å². The van der Waals surface area contributed by atoms with Crippen molar-refractivity contribution in [2.45, 2.75) is 105 Å². The number of ketones is 1. The molecule has 1 N–H and O–H groups in total. The Labute approximate surface area is 178 Å². The van der Waals surface area contributed by atoms with E-state index in [1.807, 2.05) is 6.08 Å². The standard InChI is InChI=1S/C27H44O2/c1-17(2)7-6-8-18(3)21-9-10-22-25-23(12-14-27(21,22)5)26(4)13-11-20(28)15-19(26)16-24(25)29/h16-18,20-23,25,28H,6-15H2,1-5H3/t18?,20-,21+,22?,23?,25?,26-,27+/m0/s1. The summed E-state index contributed by atoms with van der Waals surface area (Å²) in [7, 11) is 0. The Morgan fingerprint density at radius 2 is 1.79 bits per heavy atom. The summed E-state index contributed by atoms with van der Waals surface area (Å²) in [4.78, 5) is 13.4. The number of hydrogen-bond donors (Lipinski definition) is 1. The molecular formula is C27H44O2. The zero-order valence-electron chi connectivity index (χ0n) is 19.5. The van der Waals surface area contributed by atoms with Crippen molar-refractivity contribution in [1.82, 2.24) is 0 Å². The monoisotopic (exact) mass is 400 g/mol. The summed E-state index contributed by atoms with van der Waals surface area (Å²) in [5.74, 6) is 4.11. The SMILES string of the molecule is CC(C)CCCC(C)[C@H]1CCC2C3C(=O)C=C4C[C@@H](O)CC[C@]4(C)C3CC[C@@]21C. The molecule has 0 bridgehead atoms. The first-order valence-electron chi connectivity index (χ1n) is 12.6. The number of aliphatic hydroxyl groups is 1. The molecule has 0 aliphatic heterocycles. The minimum absolute atomic E-state index is 0.153. The Kier molecular flexibility index (Phi) is 5.82. The van der Waals surface area contributed by atoms with Gasteiger partial charge in [-0.05, 0) is 91.4 Å². The zero-order valence-corrected chi connectivity index (χ0v) is 19.5. The number of fused-ring (bicyclic) bond motifs is 5. The first kappa shape index (κ1) is 21.6. The highest BCUT2D eigenvalue weighted by atomic mass is 16.3. The van der Waals surface area contributed by atoms with E-state index in [4.69, 9.17) is 0 Å². The van der Waals surface area contributed by atoms with Gasteiger partial charge >= 0.3 is 0 Å². The molecule has 29 heavy (non-hydrogen) atoms. The van der Waals surface area contributed by atoms with Crippen LogP contribution in [0.25, 0.3) is 0 Å². The number of hydrogen-bond acceptors (Lipinski definition) is 2. The zero-order chi connectivity index (χ0) is 21.0. The fraction of sp³-hybridized carbons (Fsp3) is 0.889. The fourth-order valence-corrected chi connectivity index (χ4v) is 8.41. The van der Waals surface area contributed by atoms with Gasteiger partial charge in [-0.15, -0.1) is 0 Å². The maximum atomic E-state index is 13.4. The largest absolute Gasteiger partial charge is 0.393 e. The van der Waals surface area contributed by atoms with Crippen LogP contribution < -0.4 is 0 Å². The molecule has 0 aromatic carbocycles. The summed E-state index contributed by atoms with van der Waals surface area (Å²) in [5, 5.41) is 10.2. The van der Waals surface area contributed by atoms with Crippen LogP contribution in [0, 0.1) is 46.3 Å². The lowest BCUT2D eigenvalue weighted by Gasteiger charge is -2.57. The van der Waals surface area contributed by atoms with Crippen LogP contribution in [-0.2, 0) is 4.79 Å². The number of rotatable bonds is 5. The van der Waals surface area contributed by atoms with Gasteiger partial charge in [-0.1, -0.05) is 59.5 Å².